The predicted molar refractivity (Wildman–Crippen MR) is 44.9 cm³/mol. The molecule has 0 fully saturated rings. The highest BCUT2D eigenvalue weighted by atomic mass is 16.6. The van der Waals surface area contributed by atoms with E-state index < -0.39 is 18.7 Å². The fourth-order valence-electron chi connectivity index (χ4n) is 0.592. The SMILES string of the molecule is O=C(O)NCCOCCOC(=O)CO. The molecule has 0 spiro atoms. The average Bonchev–Trinajstić information content (AvgIpc) is 2.15. The van der Waals surface area contributed by atoms with Gasteiger partial charge in [0.1, 0.15) is 13.2 Å². The van der Waals surface area contributed by atoms with Crippen molar-refractivity contribution in [3.05, 3.63) is 0 Å². The van der Waals surface area contributed by atoms with E-state index in [0.717, 1.165) is 0 Å². The molecule has 0 rings (SSSR count). The quantitative estimate of drug-likeness (QED) is 0.358. The summed E-state index contributed by atoms with van der Waals surface area (Å²) in [7, 11) is 0. The van der Waals surface area contributed by atoms with Crippen molar-refractivity contribution in [2.24, 2.45) is 0 Å². The van der Waals surface area contributed by atoms with E-state index in [9.17, 15) is 9.59 Å². The van der Waals surface area contributed by atoms with Crippen LogP contribution in [0.5, 0.6) is 0 Å². The number of aliphatic hydroxyl groups is 1. The minimum atomic E-state index is -1.11. The van der Waals surface area contributed by atoms with Crippen LogP contribution in [0, 0.1) is 0 Å². The van der Waals surface area contributed by atoms with E-state index in [2.05, 4.69) is 10.1 Å². The molecule has 7 heteroatoms. The Morgan fingerprint density at radius 1 is 1.21 bits per heavy atom. The van der Waals surface area contributed by atoms with Crippen LogP contribution in [0.1, 0.15) is 0 Å². The van der Waals surface area contributed by atoms with E-state index in [4.69, 9.17) is 14.9 Å². The van der Waals surface area contributed by atoms with Gasteiger partial charge >= 0.3 is 12.1 Å². The van der Waals surface area contributed by atoms with Crippen LogP contribution >= 0.6 is 0 Å². The molecule has 0 aromatic heterocycles. The van der Waals surface area contributed by atoms with Gasteiger partial charge in [0.15, 0.2) is 0 Å². The van der Waals surface area contributed by atoms with Crippen molar-refractivity contribution in [1.82, 2.24) is 5.32 Å². The Morgan fingerprint density at radius 3 is 2.50 bits per heavy atom. The van der Waals surface area contributed by atoms with Crippen molar-refractivity contribution in [3.63, 3.8) is 0 Å². The first-order chi connectivity index (χ1) is 6.66. The van der Waals surface area contributed by atoms with Crippen LogP contribution in [0.2, 0.25) is 0 Å². The third-order valence-corrected chi connectivity index (χ3v) is 1.14. The predicted octanol–water partition coefficient (Wildman–Crippen LogP) is -1.19. The lowest BCUT2D eigenvalue weighted by molar-refractivity contribution is -0.148. The molecule has 0 aliphatic rings. The molecule has 1 amide bonds. The molecule has 0 heterocycles. The zero-order valence-electron chi connectivity index (χ0n) is 7.56. The summed E-state index contributed by atoms with van der Waals surface area (Å²) in [6, 6.07) is 0. The van der Waals surface area contributed by atoms with Gasteiger partial charge in [-0.25, -0.2) is 9.59 Å². The number of hydrogen-bond donors (Lipinski definition) is 3. The maximum Gasteiger partial charge on any atom is 0.404 e. The molecule has 0 bridgehead atoms. The van der Waals surface area contributed by atoms with Gasteiger partial charge < -0.3 is 25.0 Å². The third kappa shape index (κ3) is 8.75. The van der Waals surface area contributed by atoms with Crippen LogP contribution in [-0.4, -0.2) is 55.2 Å². The van der Waals surface area contributed by atoms with Crippen LogP contribution < -0.4 is 5.32 Å². The van der Waals surface area contributed by atoms with E-state index in [0.29, 0.717) is 0 Å². The van der Waals surface area contributed by atoms with Crippen molar-refractivity contribution in [3.8, 4) is 0 Å². The number of carbonyl (C=O) groups excluding carboxylic acids is 1. The molecule has 0 saturated carbocycles. The maximum atomic E-state index is 10.4. The van der Waals surface area contributed by atoms with Crippen molar-refractivity contribution >= 4 is 12.1 Å². The number of amides is 1. The molecule has 82 valence electrons. The van der Waals surface area contributed by atoms with E-state index in [1.54, 1.807) is 0 Å². The Labute approximate surface area is 80.6 Å². The molecule has 0 aliphatic carbocycles. The fraction of sp³-hybridized carbons (Fsp3) is 0.714. The second kappa shape index (κ2) is 8.27. The first kappa shape index (κ1) is 12.7. The van der Waals surface area contributed by atoms with Crippen molar-refractivity contribution in [1.29, 1.82) is 0 Å². The summed E-state index contributed by atoms with van der Waals surface area (Å²) in [5, 5.41) is 18.5. The first-order valence-corrected chi connectivity index (χ1v) is 3.98. The molecule has 0 radical (unpaired) electrons. The van der Waals surface area contributed by atoms with E-state index in [1.165, 1.54) is 0 Å². The van der Waals surface area contributed by atoms with E-state index in [1.807, 2.05) is 0 Å². The fourth-order valence-corrected chi connectivity index (χ4v) is 0.592. The summed E-state index contributed by atoms with van der Waals surface area (Å²) in [5.74, 6) is -0.711. The van der Waals surface area contributed by atoms with Gasteiger partial charge in [0, 0.05) is 6.54 Å². The number of carbonyl (C=O) groups is 2. The number of aliphatic hydroxyl groups excluding tert-OH is 1. The number of esters is 1. The van der Waals surface area contributed by atoms with Gasteiger partial charge in [-0.3, -0.25) is 0 Å². The highest BCUT2D eigenvalue weighted by molar-refractivity contribution is 5.70. The summed E-state index contributed by atoms with van der Waals surface area (Å²) in [6.45, 7) is -0.0354. The molecule has 0 aromatic carbocycles. The zero-order chi connectivity index (χ0) is 10.8. The minimum Gasteiger partial charge on any atom is -0.465 e. The van der Waals surface area contributed by atoms with Gasteiger partial charge in [0.25, 0.3) is 0 Å². The number of hydrogen-bond acceptors (Lipinski definition) is 5. The Hall–Kier alpha value is -1.34. The van der Waals surface area contributed by atoms with Gasteiger partial charge in [-0.2, -0.15) is 0 Å². The molecule has 0 aromatic rings. The van der Waals surface area contributed by atoms with Crippen LogP contribution in [0.4, 0.5) is 4.79 Å². The molecule has 7 nitrogen and oxygen atoms in total. The molecular weight excluding hydrogens is 194 g/mol. The minimum absolute atomic E-state index is 0.0481. The third-order valence-electron chi connectivity index (χ3n) is 1.14. The lowest BCUT2D eigenvalue weighted by Gasteiger charge is -2.04. The second-order valence-electron chi connectivity index (χ2n) is 2.22. The summed E-state index contributed by atoms with van der Waals surface area (Å²) in [5.41, 5.74) is 0. The van der Waals surface area contributed by atoms with Crippen LogP contribution in [-0.2, 0) is 14.3 Å². The Kier molecular flexibility index (Phi) is 7.48. The number of carboxylic acid groups (broad SMARTS) is 1. The molecule has 3 N–H and O–H groups in total. The molecular formula is C7H13NO6. The zero-order valence-corrected chi connectivity index (χ0v) is 7.56. The Balaban J connectivity index is 3.06. The standard InChI is InChI=1S/C7H13NO6/c9-5-6(10)14-4-3-13-2-1-8-7(11)12/h8-9H,1-5H2,(H,11,12). The molecule has 0 unspecified atom stereocenters. The van der Waals surface area contributed by atoms with Gasteiger partial charge in [0.2, 0.25) is 0 Å². The number of nitrogens with one attached hydrogen (secondary N) is 1. The average molecular weight is 207 g/mol. The summed E-state index contributed by atoms with van der Waals surface area (Å²) in [4.78, 5) is 20.3. The lowest BCUT2D eigenvalue weighted by atomic mass is 10.6. The van der Waals surface area contributed by atoms with Crippen LogP contribution in [0.15, 0.2) is 0 Å². The molecule has 0 atom stereocenters. The normalized spacial score (nSPS) is 9.50. The highest BCUT2D eigenvalue weighted by Crippen LogP contribution is 1.79. The first-order valence-electron chi connectivity index (χ1n) is 3.98. The molecule has 0 aliphatic heterocycles. The Morgan fingerprint density at radius 2 is 1.93 bits per heavy atom. The maximum absolute atomic E-state index is 10.4. The van der Waals surface area contributed by atoms with Crippen molar-refractivity contribution in [2.75, 3.05) is 33.0 Å². The number of rotatable bonds is 7. The van der Waals surface area contributed by atoms with Gasteiger partial charge in [0.05, 0.1) is 13.2 Å². The second-order valence-corrected chi connectivity index (χ2v) is 2.22. The number of ether oxygens (including phenoxy) is 2. The van der Waals surface area contributed by atoms with E-state index >= 15 is 0 Å². The highest BCUT2D eigenvalue weighted by Gasteiger charge is 1.98. The molecule has 0 saturated heterocycles. The van der Waals surface area contributed by atoms with Crippen LogP contribution in [0.3, 0.4) is 0 Å². The van der Waals surface area contributed by atoms with Gasteiger partial charge in [-0.1, -0.05) is 0 Å². The van der Waals surface area contributed by atoms with Crippen LogP contribution in [0.25, 0.3) is 0 Å². The van der Waals surface area contributed by atoms with Gasteiger partial charge in [-0.15, -0.1) is 0 Å². The van der Waals surface area contributed by atoms with Crippen molar-refractivity contribution in [2.45, 2.75) is 0 Å². The smallest absolute Gasteiger partial charge is 0.404 e. The largest absolute Gasteiger partial charge is 0.465 e. The van der Waals surface area contributed by atoms with E-state index in [-0.39, 0.29) is 26.4 Å². The molecule has 14 heavy (non-hydrogen) atoms. The monoisotopic (exact) mass is 207 g/mol. The summed E-state index contributed by atoms with van der Waals surface area (Å²) < 4.78 is 9.36. The topological polar surface area (TPSA) is 105 Å². The summed E-state index contributed by atoms with van der Waals surface area (Å²) >= 11 is 0. The summed E-state index contributed by atoms with van der Waals surface area (Å²) in [6.07, 6.45) is -1.11. The van der Waals surface area contributed by atoms with Gasteiger partial charge in [-0.05, 0) is 0 Å². The Bertz CT molecular complexity index is 183. The van der Waals surface area contributed by atoms with Crippen molar-refractivity contribution < 1.29 is 29.3 Å². The lowest BCUT2D eigenvalue weighted by Crippen LogP contribution is -2.25.